The van der Waals surface area contributed by atoms with E-state index in [1.807, 2.05) is 0 Å². The van der Waals surface area contributed by atoms with Crippen LogP contribution in [0.25, 0.3) is 0 Å². The minimum atomic E-state index is 0.378. The first-order valence-corrected chi connectivity index (χ1v) is 10.2. The van der Waals surface area contributed by atoms with Crippen molar-refractivity contribution in [1.29, 1.82) is 0 Å². The van der Waals surface area contributed by atoms with Crippen LogP contribution in [0.2, 0.25) is 0 Å². The molecular weight excluding hydrogens is 270 g/mol. The summed E-state index contributed by atoms with van der Waals surface area (Å²) in [5.41, 5.74) is 0. The van der Waals surface area contributed by atoms with Crippen LogP contribution in [0.5, 0.6) is 0 Å². The second-order valence-corrected chi connectivity index (χ2v) is 6.90. The van der Waals surface area contributed by atoms with E-state index in [0.29, 0.717) is 6.04 Å². The van der Waals surface area contributed by atoms with Gasteiger partial charge in [0.25, 0.3) is 0 Å². The predicted octanol–water partition coefficient (Wildman–Crippen LogP) is 6.96. The zero-order valence-electron chi connectivity index (χ0n) is 15.8. The molecule has 1 atom stereocenters. The maximum Gasteiger partial charge on any atom is 0.0347 e. The van der Waals surface area contributed by atoms with E-state index < -0.39 is 0 Å². The first-order valence-electron chi connectivity index (χ1n) is 10.2. The fraction of sp³-hybridized carbons (Fsp3) is 1.00. The molecule has 0 saturated carbocycles. The molecule has 0 aliphatic carbocycles. The van der Waals surface area contributed by atoms with Crippen molar-refractivity contribution < 1.29 is 5.21 Å². The van der Waals surface area contributed by atoms with Gasteiger partial charge in [0.2, 0.25) is 0 Å². The molecule has 0 spiro atoms. The van der Waals surface area contributed by atoms with Crippen LogP contribution >= 0.6 is 0 Å². The molecule has 2 heteroatoms. The molecule has 0 aromatic rings. The largest absolute Gasteiger partial charge is 0.314 e. The second-order valence-electron chi connectivity index (χ2n) is 6.90. The molecule has 0 bridgehead atoms. The number of rotatable bonds is 17. The highest BCUT2D eigenvalue weighted by molar-refractivity contribution is 4.63. The van der Waals surface area contributed by atoms with Gasteiger partial charge < -0.3 is 5.21 Å². The Morgan fingerprint density at radius 1 is 0.636 bits per heavy atom. The van der Waals surface area contributed by atoms with Gasteiger partial charge in [0.15, 0.2) is 0 Å². The van der Waals surface area contributed by atoms with Gasteiger partial charge in [-0.3, -0.25) is 0 Å². The molecule has 0 aromatic heterocycles. The molecule has 0 rings (SSSR count). The van der Waals surface area contributed by atoms with E-state index in [1.165, 1.54) is 77.0 Å². The Balaban J connectivity index is 3.28. The topological polar surface area (TPSA) is 23.5 Å². The summed E-state index contributed by atoms with van der Waals surface area (Å²) in [6, 6.07) is 0.378. The Morgan fingerprint density at radius 2 is 1.09 bits per heavy atom. The summed E-state index contributed by atoms with van der Waals surface area (Å²) in [5, 5.41) is 11.5. The first-order chi connectivity index (χ1) is 10.8. The number of hydrogen-bond acceptors (Lipinski definition) is 2. The van der Waals surface area contributed by atoms with Gasteiger partial charge in [-0.05, 0) is 19.3 Å². The van der Waals surface area contributed by atoms with E-state index >= 15 is 0 Å². The van der Waals surface area contributed by atoms with Crippen LogP contribution in [0.3, 0.4) is 0 Å². The summed E-state index contributed by atoms with van der Waals surface area (Å²) in [4.78, 5) is 0. The van der Waals surface area contributed by atoms with E-state index in [-0.39, 0.29) is 0 Å². The van der Waals surface area contributed by atoms with Crippen LogP contribution < -0.4 is 0 Å². The Kier molecular flexibility index (Phi) is 17.2. The molecular formula is C20H43NO. The summed E-state index contributed by atoms with van der Waals surface area (Å²) >= 11 is 0. The molecule has 2 nitrogen and oxygen atoms in total. The monoisotopic (exact) mass is 313 g/mol. The fourth-order valence-electron chi connectivity index (χ4n) is 3.20. The van der Waals surface area contributed by atoms with Gasteiger partial charge >= 0.3 is 0 Å². The summed E-state index contributed by atoms with van der Waals surface area (Å²) in [5.74, 6) is 0. The summed E-state index contributed by atoms with van der Waals surface area (Å²) in [6.07, 6.45) is 20.1. The molecule has 134 valence electrons. The minimum absolute atomic E-state index is 0.378. The van der Waals surface area contributed by atoms with Gasteiger partial charge in [-0.1, -0.05) is 97.8 Å². The van der Waals surface area contributed by atoms with Crippen molar-refractivity contribution in [2.24, 2.45) is 0 Å². The van der Waals surface area contributed by atoms with Crippen molar-refractivity contribution in [3.63, 3.8) is 0 Å². The zero-order chi connectivity index (χ0) is 16.5. The van der Waals surface area contributed by atoms with Gasteiger partial charge in [-0.2, -0.15) is 5.06 Å². The summed E-state index contributed by atoms with van der Waals surface area (Å²) in [6.45, 7) is 7.41. The standard InChI is InChI=1S/C20H43NO/c1-4-7-8-9-10-11-12-13-14-15-16-17-18-20(6-3)21(22)19-5-2/h20,22H,4-19H2,1-3H3. The van der Waals surface area contributed by atoms with Crippen molar-refractivity contribution >= 4 is 0 Å². The first kappa shape index (κ1) is 21.9. The van der Waals surface area contributed by atoms with Crippen LogP contribution in [-0.2, 0) is 0 Å². The highest BCUT2D eigenvalue weighted by Crippen LogP contribution is 2.15. The SMILES string of the molecule is CCCCCCCCCCCCCCC(CC)N(O)CCC. The lowest BCUT2D eigenvalue weighted by molar-refractivity contribution is -0.129. The highest BCUT2D eigenvalue weighted by atomic mass is 16.5. The molecule has 0 aliphatic rings. The number of hydrogen-bond donors (Lipinski definition) is 1. The smallest absolute Gasteiger partial charge is 0.0347 e. The van der Waals surface area contributed by atoms with E-state index in [4.69, 9.17) is 0 Å². The van der Waals surface area contributed by atoms with Crippen molar-refractivity contribution in [3.8, 4) is 0 Å². The van der Waals surface area contributed by atoms with Crippen LogP contribution in [0.1, 0.15) is 117 Å². The van der Waals surface area contributed by atoms with Gasteiger partial charge in [0, 0.05) is 12.6 Å². The molecule has 1 unspecified atom stereocenters. The molecule has 0 aliphatic heterocycles. The number of hydroxylamine groups is 2. The molecule has 0 aromatic carbocycles. The zero-order valence-corrected chi connectivity index (χ0v) is 15.8. The number of nitrogens with zero attached hydrogens (tertiary/aromatic N) is 1. The van der Waals surface area contributed by atoms with Crippen molar-refractivity contribution in [1.82, 2.24) is 5.06 Å². The van der Waals surface area contributed by atoms with Crippen LogP contribution in [0, 0.1) is 0 Å². The van der Waals surface area contributed by atoms with E-state index in [9.17, 15) is 5.21 Å². The molecule has 22 heavy (non-hydrogen) atoms. The Morgan fingerprint density at radius 3 is 1.50 bits per heavy atom. The van der Waals surface area contributed by atoms with E-state index in [2.05, 4.69) is 20.8 Å². The van der Waals surface area contributed by atoms with E-state index in [0.717, 1.165) is 25.8 Å². The molecule has 0 saturated heterocycles. The lowest BCUT2D eigenvalue weighted by Gasteiger charge is -2.24. The third-order valence-electron chi connectivity index (χ3n) is 4.74. The molecule has 1 N–H and O–H groups in total. The average Bonchev–Trinajstić information content (AvgIpc) is 2.52. The highest BCUT2D eigenvalue weighted by Gasteiger charge is 2.12. The van der Waals surface area contributed by atoms with Gasteiger partial charge in [-0.15, -0.1) is 0 Å². The van der Waals surface area contributed by atoms with Crippen LogP contribution in [0.15, 0.2) is 0 Å². The van der Waals surface area contributed by atoms with Gasteiger partial charge in [0.05, 0.1) is 0 Å². The van der Waals surface area contributed by atoms with Gasteiger partial charge in [0.1, 0.15) is 0 Å². The molecule has 0 amide bonds. The Hall–Kier alpha value is -0.0800. The van der Waals surface area contributed by atoms with Crippen molar-refractivity contribution in [2.45, 2.75) is 123 Å². The Bertz CT molecular complexity index is 208. The van der Waals surface area contributed by atoms with Gasteiger partial charge in [-0.25, -0.2) is 0 Å². The van der Waals surface area contributed by atoms with Crippen molar-refractivity contribution in [2.75, 3.05) is 6.54 Å². The average molecular weight is 314 g/mol. The molecule has 0 fully saturated rings. The van der Waals surface area contributed by atoms with Crippen LogP contribution in [-0.4, -0.2) is 22.9 Å². The number of unbranched alkanes of at least 4 members (excludes halogenated alkanes) is 11. The summed E-state index contributed by atoms with van der Waals surface area (Å²) in [7, 11) is 0. The second kappa shape index (κ2) is 17.3. The quantitative estimate of drug-likeness (QED) is 0.232. The minimum Gasteiger partial charge on any atom is -0.314 e. The maximum atomic E-state index is 9.92. The van der Waals surface area contributed by atoms with Crippen LogP contribution in [0.4, 0.5) is 0 Å². The molecule has 0 radical (unpaired) electrons. The fourth-order valence-corrected chi connectivity index (χ4v) is 3.20. The summed E-state index contributed by atoms with van der Waals surface area (Å²) < 4.78 is 0. The maximum absolute atomic E-state index is 9.92. The third-order valence-corrected chi connectivity index (χ3v) is 4.74. The molecule has 0 heterocycles. The van der Waals surface area contributed by atoms with Crippen molar-refractivity contribution in [3.05, 3.63) is 0 Å². The predicted molar refractivity (Wildman–Crippen MR) is 98.6 cm³/mol. The Labute approximate surface area is 140 Å². The van der Waals surface area contributed by atoms with E-state index in [1.54, 1.807) is 5.06 Å². The lowest BCUT2D eigenvalue weighted by Crippen LogP contribution is -2.32. The lowest BCUT2D eigenvalue weighted by atomic mass is 10.0. The third kappa shape index (κ3) is 13.6. The normalized spacial score (nSPS) is 13.0.